The number of fused-ring (bicyclic) bond motifs is 1. The van der Waals surface area contributed by atoms with Crippen LogP contribution in [-0.2, 0) is 21.1 Å². The molecule has 144 valence electrons. The van der Waals surface area contributed by atoms with Crippen molar-refractivity contribution in [3.63, 3.8) is 0 Å². The van der Waals surface area contributed by atoms with Gasteiger partial charge in [-0.05, 0) is 39.2 Å². The maximum Gasteiger partial charge on any atom is 0.339 e. The summed E-state index contributed by atoms with van der Waals surface area (Å²) in [7, 11) is -2.70. The predicted molar refractivity (Wildman–Crippen MR) is 99.8 cm³/mol. The van der Waals surface area contributed by atoms with Crippen LogP contribution in [0.5, 0.6) is 0 Å². The largest absolute Gasteiger partial charge is 0.462 e. The smallest absolute Gasteiger partial charge is 0.339 e. The van der Waals surface area contributed by atoms with E-state index in [4.69, 9.17) is 10.5 Å². The zero-order valence-corrected chi connectivity index (χ0v) is 16.3. The lowest BCUT2D eigenvalue weighted by atomic mass is 10.1. The van der Waals surface area contributed by atoms with Gasteiger partial charge in [0.05, 0.1) is 29.9 Å². The molecule has 1 aliphatic rings. The van der Waals surface area contributed by atoms with Crippen LogP contribution >= 0.6 is 0 Å². The van der Waals surface area contributed by atoms with Crippen molar-refractivity contribution in [2.24, 2.45) is 5.73 Å². The summed E-state index contributed by atoms with van der Waals surface area (Å²) in [6, 6.07) is 0.119. The summed E-state index contributed by atoms with van der Waals surface area (Å²) in [6.07, 6.45) is 4.58. The summed E-state index contributed by atoms with van der Waals surface area (Å²) in [6.45, 7) is 6.80. The monoisotopic (exact) mass is 382 g/mol. The highest BCUT2D eigenvalue weighted by molar-refractivity contribution is 7.91. The number of nitrogens with zero attached hydrogens (tertiary/aromatic N) is 3. The van der Waals surface area contributed by atoms with Gasteiger partial charge >= 0.3 is 5.97 Å². The minimum absolute atomic E-state index is 0.119. The molecule has 2 N–H and O–H groups in total. The molecule has 0 saturated carbocycles. The zero-order valence-electron chi connectivity index (χ0n) is 15.4. The van der Waals surface area contributed by atoms with Crippen LogP contribution in [0.25, 0.3) is 11.0 Å². The maximum atomic E-state index is 11.7. The number of nitrogens with two attached hydrogens (primary N) is 1. The van der Waals surface area contributed by atoms with Gasteiger partial charge in [0.15, 0.2) is 5.65 Å². The molecule has 2 aromatic heterocycles. The molecule has 0 radical (unpaired) electrons. The molecule has 26 heavy (non-hydrogen) atoms. The first-order chi connectivity index (χ1) is 12.3. The van der Waals surface area contributed by atoms with Gasteiger partial charge in [0.2, 0.25) is 0 Å². The molecular weight excluding hydrogens is 356 g/mol. The molecular formula is C17H26N4O4S. The standard InChI is InChI=1S/C12H15N3O2.C5H11NO2S/c1-4-15-11-9(7-14-15)8(3)10(6-13-11)12(16)17-5-2;6-5-1-3-9(7,8)4-2-5/h6-7H,4-5H2,1-3H3;5H,1-4,6H2. The van der Waals surface area contributed by atoms with Crippen LogP contribution in [0.1, 0.15) is 42.6 Å². The number of esters is 1. The van der Waals surface area contributed by atoms with Crippen molar-refractivity contribution in [1.29, 1.82) is 0 Å². The number of aromatic nitrogens is 3. The maximum absolute atomic E-state index is 11.7. The fourth-order valence-electron chi connectivity index (χ4n) is 2.70. The average molecular weight is 382 g/mol. The molecule has 0 amide bonds. The van der Waals surface area contributed by atoms with Gasteiger partial charge in [0.1, 0.15) is 9.84 Å². The van der Waals surface area contributed by atoms with Crippen LogP contribution < -0.4 is 5.73 Å². The van der Waals surface area contributed by atoms with Crippen LogP contribution in [0.2, 0.25) is 0 Å². The van der Waals surface area contributed by atoms with Crippen molar-refractivity contribution < 1.29 is 17.9 Å². The molecule has 2 aromatic rings. The van der Waals surface area contributed by atoms with Crippen LogP contribution in [0, 0.1) is 6.92 Å². The topological polar surface area (TPSA) is 117 Å². The summed E-state index contributed by atoms with van der Waals surface area (Å²) in [4.78, 5) is 16.0. The molecule has 0 unspecified atom stereocenters. The Labute approximate surface area is 153 Å². The van der Waals surface area contributed by atoms with Crippen LogP contribution in [0.15, 0.2) is 12.4 Å². The highest BCUT2D eigenvalue weighted by Gasteiger charge is 2.20. The molecule has 0 atom stereocenters. The summed E-state index contributed by atoms with van der Waals surface area (Å²) in [5, 5.41) is 5.12. The Balaban J connectivity index is 0.000000228. The van der Waals surface area contributed by atoms with E-state index in [0.29, 0.717) is 25.0 Å². The molecule has 1 aliphatic heterocycles. The average Bonchev–Trinajstić information content (AvgIpc) is 3.03. The SMILES string of the molecule is CCOC(=O)c1cnc2c(cnn2CC)c1C.NC1CCS(=O)(=O)CC1. The number of aryl methyl sites for hydroxylation is 2. The molecule has 0 aliphatic carbocycles. The third kappa shape index (κ3) is 4.79. The Hall–Kier alpha value is -2.00. The number of hydrogen-bond acceptors (Lipinski definition) is 7. The van der Waals surface area contributed by atoms with E-state index in [1.165, 1.54) is 0 Å². The van der Waals surface area contributed by atoms with Crippen molar-refractivity contribution in [1.82, 2.24) is 14.8 Å². The third-order valence-electron chi connectivity index (χ3n) is 4.33. The molecule has 0 spiro atoms. The number of rotatable bonds is 3. The van der Waals surface area contributed by atoms with Gasteiger partial charge < -0.3 is 10.5 Å². The first kappa shape index (κ1) is 20.3. The number of pyridine rings is 1. The fraction of sp³-hybridized carbons (Fsp3) is 0.588. The number of hydrogen-bond donors (Lipinski definition) is 1. The lowest BCUT2D eigenvalue weighted by Crippen LogP contribution is -2.32. The van der Waals surface area contributed by atoms with E-state index in [0.717, 1.165) is 23.1 Å². The number of sulfone groups is 1. The van der Waals surface area contributed by atoms with Crippen LogP contribution in [0.4, 0.5) is 0 Å². The van der Waals surface area contributed by atoms with E-state index in [-0.39, 0.29) is 23.5 Å². The lowest BCUT2D eigenvalue weighted by molar-refractivity contribution is 0.0525. The van der Waals surface area contributed by atoms with Gasteiger partial charge in [-0.15, -0.1) is 0 Å². The second kappa shape index (κ2) is 8.59. The molecule has 1 saturated heterocycles. The van der Waals surface area contributed by atoms with Gasteiger partial charge in [0, 0.05) is 24.2 Å². The highest BCUT2D eigenvalue weighted by Crippen LogP contribution is 2.20. The van der Waals surface area contributed by atoms with Gasteiger partial charge in [-0.3, -0.25) is 0 Å². The number of carbonyl (C=O) groups is 1. The summed E-state index contributed by atoms with van der Waals surface area (Å²) < 4.78 is 28.3. The summed E-state index contributed by atoms with van der Waals surface area (Å²) in [5.41, 5.74) is 7.67. The van der Waals surface area contributed by atoms with Crippen molar-refractivity contribution in [3.8, 4) is 0 Å². The minimum Gasteiger partial charge on any atom is -0.462 e. The minimum atomic E-state index is -2.70. The van der Waals surface area contributed by atoms with E-state index < -0.39 is 9.84 Å². The molecule has 9 heteroatoms. The lowest BCUT2D eigenvalue weighted by Gasteiger charge is -2.16. The normalized spacial score (nSPS) is 16.8. The van der Waals surface area contributed by atoms with Crippen molar-refractivity contribution in [2.45, 2.75) is 46.2 Å². The van der Waals surface area contributed by atoms with Crippen molar-refractivity contribution in [3.05, 3.63) is 23.5 Å². The Bertz CT molecular complexity index is 862. The molecule has 3 heterocycles. The Kier molecular flexibility index (Phi) is 6.71. The summed E-state index contributed by atoms with van der Waals surface area (Å²) in [5.74, 6) is 0.242. The van der Waals surface area contributed by atoms with Gasteiger partial charge in [-0.1, -0.05) is 0 Å². The van der Waals surface area contributed by atoms with E-state index in [1.54, 1.807) is 24.0 Å². The highest BCUT2D eigenvalue weighted by atomic mass is 32.2. The molecule has 3 rings (SSSR count). The van der Waals surface area contributed by atoms with E-state index in [1.807, 2.05) is 13.8 Å². The second-order valence-corrected chi connectivity index (χ2v) is 8.51. The van der Waals surface area contributed by atoms with E-state index >= 15 is 0 Å². The van der Waals surface area contributed by atoms with E-state index in [9.17, 15) is 13.2 Å². The second-order valence-electron chi connectivity index (χ2n) is 6.20. The summed E-state index contributed by atoms with van der Waals surface area (Å²) >= 11 is 0. The predicted octanol–water partition coefficient (Wildman–Crippen LogP) is 1.46. The van der Waals surface area contributed by atoms with Crippen molar-refractivity contribution >= 4 is 26.8 Å². The number of carbonyl (C=O) groups excluding carboxylic acids is 1. The van der Waals surface area contributed by atoms with Gasteiger partial charge in [-0.25, -0.2) is 22.9 Å². The van der Waals surface area contributed by atoms with Crippen LogP contribution in [0.3, 0.4) is 0 Å². The molecule has 8 nitrogen and oxygen atoms in total. The zero-order chi connectivity index (χ0) is 19.3. The Morgan fingerprint density at radius 3 is 2.50 bits per heavy atom. The van der Waals surface area contributed by atoms with Gasteiger partial charge in [-0.2, -0.15) is 5.10 Å². The van der Waals surface area contributed by atoms with E-state index in [2.05, 4.69) is 10.1 Å². The molecule has 1 fully saturated rings. The quantitative estimate of drug-likeness (QED) is 0.799. The van der Waals surface area contributed by atoms with Crippen molar-refractivity contribution in [2.75, 3.05) is 18.1 Å². The van der Waals surface area contributed by atoms with Gasteiger partial charge in [0.25, 0.3) is 0 Å². The fourth-order valence-corrected chi connectivity index (χ4v) is 4.23. The third-order valence-corrected chi connectivity index (χ3v) is 6.05. The molecule has 0 aromatic carbocycles. The van der Waals surface area contributed by atoms with Crippen LogP contribution in [-0.4, -0.2) is 53.3 Å². The first-order valence-electron chi connectivity index (χ1n) is 8.73. The Morgan fingerprint density at radius 1 is 1.31 bits per heavy atom. The Morgan fingerprint density at radius 2 is 1.96 bits per heavy atom. The first-order valence-corrected chi connectivity index (χ1v) is 10.6. The number of ether oxygens (including phenoxy) is 1. The molecule has 0 bridgehead atoms.